The number of halogens is 6. The van der Waals surface area contributed by atoms with E-state index in [1.165, 1.54) is 0 Å². The van der Waals surface area contributed by atoms with Gasteiger partial charge in [-0.3, -0.25) is 0 Å². The quantitative estimate of drug-likeness (QED) is 0.828. The van der Waals surface area contributed by atoms with Crippen LogP contribution < -0.4 is 10.4 Å². The molecule has 2 N–H and O–H groups in total. The van der Waals surface area contributed by atoms with Gasteiger partial charge in [-0.1, -0.05) is 0 Å². The number of aliphatic hydroxyl groups is 1. The molecule has 1 aromatic carbocycles. The molecule has 0 radical (unpaired) electrons. The Hall–Kier alpha value is -1.97. The number of hydrogen-bond donors (Lipinski definition) is 2. The van der Waals surface area contributed by atoms with E-state index in [4.69, 9.17) is 0 Å². The van der Waals surface area contributed by atoms with Crippen LogP contribution in [0.3, 0.4) is 0 Å². The fourth-order valence-corrected chi connectivity index (χ4v) is 2.26. The number of carbonyl (C=O) groups is 1. The second kappa shape index (κ2) is 5.29. The summed E-state index contributed by atoms with van der Waals surface area (Å²) in [4.78, 5) is 10.5. The van der Waals surface area contributed by atoms with Gasteiger partial charge in [0.15, 0.2) is 0 Å². The number of rotatable bonds is 3. The molecule has 1 amide bonds. The lowest BCUT2D eigenvalue weighted by molar-refractivity contribution is -0.253. The molecule has 2 rings (SSSR count). The van der Waals surface area contributed by atoms with E-state index in [0.29, 0.717) is 12.1 Å². The number of aliphatic hydroxyl groups excluding tert-OH is 1. The lowest BCUT2D eigenvalue weighted by Crippen LogP contribution is -2.47. The molecule has 0 spiro atoms. The Morgan fingerprint density at radius 2 is 1.52 bits per heavy atom. The third kappa shape index (κ3) is 3.69. The molecule has 23 heavy (non-hydrogen) atoms. The van der Waals surface area contributed by atoms with E-state index >= 15 is 0 Å². The number of benzene rings is 1. The average Bonchev–Trinajstić information content (AvgIpc) is 3.15. The molecule has 1 fully saturated rings. The van der Waals surface area contributed by atoms with Crippen molar-refractivity contribution in [2.75, 3.05) is 0 Å². The van der Waals surface area contributed by atoms with E-state index in [2.05, 4.69) is 0 Å². The van der Waals surface area contributed by atoms with Crippen molar-refractivity contribution in [1.29, 1.82) is 0 Å². The normalized spacial score (nSPS) is 18.4. The summed E-state index contributed by atoms with van der Waals surface area (Å²) in [5.41, 5.74) is -5.35. The Morgan fingerprint density at radius 1 is 1.09 bits per heavy atom. The molecule has 1 atom stereocenters. The SMILES string of the molecule is O=C([O-])NC1(C(O)c2cc(C(F)(F)F)cc(C(F)(F)F)c2)CC1. The second-order valence-electron chi connectivity index (χ2n) is 5.31. The number of amides is 1. The van der Waals surface area contributed by atoms with E-state index in [0.717, 1.165) is 0 Å². The van der Waals surface area contributed by atoms with Crippen molar-refractivity contribution in [3.8, 4) is 0 Å². The standard InChI is InChI=1S/C13H11F6NO3/c14-12(15,16)7-3-6(4-8(5-7)13(17,18)19)9(21)11(1-2-11)20-10(22)23/h3-5,9,20-21H,1-2H2,(H,22,23)/p-1. The van der Waals surface area contributed by atoms with Gasteiger partial charge < -0.3 is 20.3 Å². The van der Waals surface area contributed by atoms with Crippen molar-refractivity contribution in [2.45, 2.75) is 36.8 Å². The third-order valence-electron chi connectivity index (χ3n) is 3.59. The number of carboxylic acid groups (broad SMARTS) is 1. The highest BCUT2D eigenvalue weighted by molar-refractivity contribution is 5.64. The summed E-state index contributed by atoms with van der Waals surface area (Å²) in [7, 11) is 0. The van der Waals surface area contributed by atoms with Gasteiger partial charge in [0.25, 0.3) is 0 Å². The van der Waals surface area contributed by atoms with E-state index in [9.17, 15) is 41.4 Å². The van der Waals surface area contributed by atoms with Crippen LogP contribution in [0.5, 0.6) is 0 Å². The smallest absolute Gasteiger partial charge is 0.416 e. The Labute approximate surface area is 125 Å². The van der Waals surface area contributed by atoms with Crippen LogP contribution in [0.1, 0.15) is 35.6 Å². The van der Waals surface area contributed by atoms with Crippen molar-refractivity contribution >= 4 is 6.09 Å². The van der Waals surface area contributed by atoms with Crippen LogP contribution in [0.15, 0.2) is 18.2 Å². The first-order valence-electron chi connectivity index (χ1n) is 6.32. The van der Waals surface area contributed by atoms with Crippen LogP contribution in [0.2, 0.25) is 0 Å². The van der Waals surface area contributed by atoms with E-state index in [-0.39, 0.29) is 18.9 Å². The van der Waals surface area contributed by atoms with Crippen LogP contribution in [0.4, 0.5) is 31.1 Å². The molecular formula is C13H10F6NO3-. The lowest BCUT2D eigenvalue weighted by Gasteiger charge is -2.26. The van der Waals surface area contributed by atoms with Crippen LogP contribution >= 0.6 is 0 Å². The fraction of sp³-hybridized carbons (Fsp3) is 0.462. The first kappa shape index (κ1) is 17.4. The van der Waals surface area contributed by atoms with Gasteiger partial charge in [0.2, 0.25) is 0 Å². The number of hydrogen-bond acceptors (Lipinski definition) is 3. The minimum absolute atomic E-state index is 0.0675. The maximum absolute atomic E-state index is 12.8. The largest absolute Gasteiger partial charge is 0.530 e. The van der Waals surface area contributed by atoms with Crippen molar-refractivity contribution < 1.29 is 41.4 Å². The minimum atomic E-state index is -5.05. The number of nitrogens with one attached hydrogen (secondary N) is 1. The summed E-state index contributed by atoms with van der Waals surface area (Å²) in [5.74, 6) is 0. The van der Waals surface area contributed by atoms with Crippen molar-refractivity contribution in [3.63, 3.8) is 0 Å². The van der Waals surface area contributed by atoms with Gasteiger partial charge in [-0.25, -0.2) is 0 Å². The molecule has 0 saturated heterocycles. The molecule has 1 aliphatic rings. The van der Waals surface area contributed by atoms with E-state index < -0.39 is 46.8 Å². The molecule has 10 heteroatoms. The minimum Gasteiger partial charge on any atom is -0.530 e. The maximum atomic E-state index is 12.8. The first-order chi connectivity index (χ1) is 10.3. The van der Waals surface area contributed by atoms with Gasteiger partial charge in [0.1, 0.15) is 12.2 Å². The zero-order valence-corrected chi connectivity index (χ0v) is 11.3. The predicted molar refractivity (Wildman–Crippen MR) is 61.9 cm³/mol. The van der Waals surface area contributed by atoms with Crippen LogP contribution in [0.25, 0.3) is 0 Å². The average molecular weight is 342 g/mol. The van der Waals surface area contributed by atoms with Crippen LogP contribution in [-0.4, -0.2) is 16.7 Å². The molecule has 0 heterocycles. The molecule has 0 aromatic heterocycles. The Balaban J connectivity index is 2.47. The van der Waals surface area contributed by atoms with Crippen LogP contribution in [0, 0.1) is 0 Å². The van der Waals surface area contributed by atoms with Gasteiger partial charge in [0, 0.05) is 0 Å². The lowest BCUT2D eigenvalue weighted by atomic mass is 9.95. The fourth-order valence-electron chi connectivity index (χ4n) is 2.26. The van der Waals surface area contributed by atoms with Crippen molar-refractivity contribution in [3.05, 3.63) is 34.9 Å². The first-order valence-corrected chi connectivity index (χ1v) is 6.32. The zero-order chi connectivity index (χ0) is 17.6. The molecule has 4 nitrogen and oxygen atoms in total. The Kier molecular flexibility index (Phi) is 4.00. The monoisotopic (exact) mass is 342 g/mol. The van der Waals surface area contributed by atoms with Gasteiger partial charge in [-0.2, -0.15) is 26.3 Å². The number of carbonyl (C=O) groups excluding carboxylic acids is 1. The van der Waals surface area contributed by atoms with Gasteiger partial charge in [0.05, 0.1) is 16.7 Å². The second-order valence-corrected chi connectivity index (χ2v) is 5.31. The molecule has 1 saturated carbocycles. The third-order valence-corrected chi connectivity index (χ3v) is 3.59. The number of alkyl halides is 6. The highest BCUT2D eigenvalue weighted by Gasteiger charge is 2.50. The zero-order valence-electron chi connectivity index (χ0n) is 11.3. The Bertz CT molecular complexity index is 589. The topological polar surface area (TPSA) is 72.4 Å². The summed E-state index contributed by atoms with van der Waals surface area (Å²) in [5, 5.41) is 22.4. The highest BCUT2D eigenvalue weighted by atomic mass is 19.4. The summed E-state index contributed by atoms with van der Waals surface area (Å²) in [6.45, 7) is 0. The maximum Gasteiger partial charge on any atom is 0.416 e. The van der Waals surface area contributed by atoms with Crippen molar-refractivity contribution in [1.82, 2.24) is 5.32 Å². The van der Waals surface area contributed by atoms with E-state index in [1.54, 1.807) is 0 Å². The van der Waals surface area contributed by atoms with Gasteiger partial charge in [-0.15, -0.1) is 0 Å². The molecule has 0 aliphatic heterocycles. The van der Waals surface area contributed by atoms with Gasteiger partial charge >= 0.3 is 12.4 Å². The van der Waals surface area contributed by atoms with Gasteiger partial charge in [-0.05, 0) is 36.6 Å². The molecule has 1 unspecified atom stereocenters. The molecule has 1 aliphatic carbocycles. The van der Waals surface area contributed by atoms with E-state index in [1.807, 2.05) is 5.32 Å². The highest BCUT2D eigenvalue weighted by Crippen LogP contribution is 2.47. The summed E-state index contributed by atoms with van der Waals surface area (Å²) in [6, 6.07) is 0.676. The summed E-state index contributed by atoms with van der Waals surface area (Å²) in [6.07, 6.45) is -13.6. The van der Waals surface area contributed by atoms with Crippen LogP contribution in [-0.2, 0) is 12.4 Å². The van der Waals surface area contributed by atoms with Crippen molar-refractivity contribution in [2.24, 2.45) is 0 Å². The molecular weight excluding hydrogens is 332 g/mol. The predicted octanol–water partition coefficient (Wildman–Crippen LogP) is 2.22. The Morgan fingerprint density at radius 3 is 1.83 bits per heavy atom. The molecule has 128 valence electrons. The molecule has 0 bridgehead atoms. The summed E-state index contributed by atoms with van der Waals surface area (Å²) >= 11 is 0. The summed E-state index contributed by atoms with van der Waals surface area (Å²) < 4.78 is 76.5. The molecule has 1 aromatic rings.